The van der Waals surface area contributed by atoms with Crippen molar-refractivity contribution in [2.24, 2.45) is 0 Å². The molecule has 1 unspecified atom stereocenters. The van der Waals surface area contributed by atoms with Crippen LogP contribution in [0.3, 0.4) is 0 Å². The third-order valence-electron chi connectivity index (χ3n) is 13.1. The molecule has 2 N–H and O–H groups in total. The number of alkyl carbamates (subject to hydrolysis) is 1. The fourth-order valence-corrected chi connectivity index (χ4v) is 10.0. The number of hydrogen-bond acceptors (Lipinski definition) is 7. The van der Waals surface area contributed by atoms with E-state index in [2.05, 4.69) is 94.7 Å². The largest absolute Gasteiger partial charge is 0.444 e. The number of fused-ring (bicyclic) bond motifs is 1. The number of anilines is 1. The van der Waals surface area contributed by atoms with E-state index in [4.69, 9.17) is 15.0 Å². The highest BCUT2D eigenvalue weighted by molar-refractivity contribution is 6.00. The van der Waals surface area contributed by atoms with Crippen LogP contribution in [0.5, 0.6) is 0 Å². The van der Waals surface area contributed by atoms with Crippen LogP contribution in [0.25, 0.3) is 22.5 Å². The van der Waals surface area contributed by atoms with Gasteiger partial charge in [-0.1, -0.05) is 177 Å². The minimum Gasteiger partial charge on any atom is -0.444 e. The molecule has 2 aliphatic rings. The molecule has 0 radical (unpaired) electrons. The number of hydrogen-bond donors (Lipinski definition) is 2. The average molecular weight is 892 g/mol. The minimum atomic E-state index is -0.916. The van der Waals surface area contributed by atoms with E-state index in [1.807, 2.05) is 110 Å². The molecule has 11 heteroatoms. The summed E-state index contributed by atoms with van der Waals surface area (Å²) in [6, 6.07) is 54.7. The van der Waals surface area contributed by atoms with Crippen molar-refractivity contribution in [2.45, 2.75) is 101 Å². The molecule has 1 atom stereocenters. The molecule has 7 aromatic rings. The van der Waals surface area contributed by atoms with Crippen LogP contribution < -0.4 is 15.5 Å². The third kappa shape index (κ3) is 9.50. The number of rotatable bonds is 12. The monoisotopic (exact) mass is 891 g/mol. The Morgan fingerprint density at radius 3 is 1.88 bits per heavy atom. The summed E-state index contributed by atoms with van der Waals surface area (Å²) in [4.78, 5) is 43.4. The van der Waals surface area contributed by atoms with Gasteiger partial charge in [0.05, 0.1) is 12.1 Å². The lowest BCUT2D eigenvalue weighted by Crippen LogP contribution is -2.55. The van der Waals surface area contributed by atoms with Crippen LogP contribution in [0.1, 0.15) is 93.5 Å². The Labute approximate surface area is 392 Å². The molecule has 2 heterocycles. The highest BCUT2D eigenvalue weighted by Crippen LogP contribution is 2.43. The molecule has 11 nitrogen and oxygen atoms in total. The zero-order chi connectivity index (χ0) is 46.4. The molecule has 1 aliphatic heterocycles. The van der Waals surface area contributed by atoms with Crippen LogP contribution in [0.4, 0.5) is 10.5 Å². The molecule has 1 aliphatic carbocycles. The number of benzene rings is 6. The van der Waals surface area contributed by atoms with Gasteiger partial charge in [0, 0.05) is 17.7 Å². The summed E-state index contributed by atoms with van der Waals surface area (Å²) in [7, 11) is 0. The van der Waals surface area contributed by atoms with E-state index in [0.717, 1.165) is 69.5 Å². The number of tetrazole rings is 1. The summed E-state index contributed by atoms with van der Waals surface area (Å²) in [5, 5.41) is 20.1. The van der Waals surface area contributed by atoms with Crippen molar-refractivity contribution in [1.82, 2.24) is 30.8 Å². The van der Waals surface area contributed by atoms with Crippen molar-refractivity contribution in [2.75, 3.05) is 4.90 Å². The Balaban J connectivity index is 1.00. The van der Waals surface area contributed by atoms with Gasteiger partial charge in [-0.2, -0.15) is 0 Å². The van der Waals surface area contributed by atoms with Crippen LogP contribution in [-0.2, 0) is 32.8 Å². The molecular formula is C56H57N7O4. The Kier molecular flexibility index (Phi) is 12.8. The maximum absolute atomic E-state index is 14.6. The molecule has 1 fully saturated rings. The number of carbonyl (C=O) groups is 3. The van der Waals surface area contributed by atoms with Crippen molar-refractivity contribution in [3.8, 4) is 22.5 Å². The van der Waals surface area contributed by atoms with E-state index in [0.29, 0.717) is 38.1 Å². The van der Waals surface area contributed by atoms with Crippen molar-refractivity contribution >= 4 is 23.6 Å². The molecule has 0 saturated heterocycles. The lowest BCUT2D eigenvalue weighted by Gasteiger charge is -2.38. The van der Waals surface area contributed by atoms with Crippen molar-refractivity contribution in [3.63, 3.8) is 0 Å². The fraction of sp³-hybridized carbons (Fsp3) is 0.286. The van der Waals surface area contributed by atoms with Crippen LogP contribution in [0.2, 0.25) is 0 Å². The van der Waals surface area contributed by atoms with Crippen LogP contribution in [0, 0.1) is 0 Å². The Bertz CT molecular complexity index is 2720. The summed E-state index contributed by atoms with van der Waals surface area (Å²) in [6.07, 6.45) is 4.81. The maximum atomic E-state index is 14.6. The lowest BCUT2D eigenvalue weighted by molar-refractivity contribution is -0.128. The quantitative estimate of drug-likeness (QED) is 0.117. The Morgan fingerprint density at radius 1 is 0.701 bits per heavy atom. The van der Waals surface area contributed by atoms with Crippen molar-refractivity contribution in [1.29, 1.82) is 0 Å². The Hall–Kier alpha value is -7.40. The fourth-order valence-electron chi connectivity index (χ4n) is 10.0. The zero-order valence-corrected chi connectivity index (χ0v) is 38.4. The summed E-state index contributed by atoms with van der Waals surface area (Å²) < 4.78 is 7.55. The number of aryl methyl sites for hydroxylation is 1. The second-order valence-electron chi connectivity index (χ2n) is 18.8. The van der Waals surface area contributed by atoms with E-state index >= 15 is 0 Å². The standard InChI is InChI=1S/C56H57N7O4/c1-54(2,3)67-53(66)58-55(36-18-7-19-37-55)38-50(64)57-48-35-34-42-20-14-17-29-49(42)62(52(48)65)39-40-30-32-41(33-31-40)46-27-15-16-28-47(46)51-59-60-61-63(51)56(43-21-8-4-9-22-43,44-23-10-5-11-24-44)45-25-12-6-13-26-45/h4-6,8-17,20-33,48H,7,18-19,34-39H2,1-3H3,(H,57,64)(H,58,66). The van der Waals surface area contributed by atoms with Gasteiger partial charge in [-0.3, -0.25) is 9.59 Å². The summed E-state index contributed by atoms with van der Waals surface area (Å²) >= 11 is 0. The second-order valence-corrected chi connectivity index (χ2v) is 18.8. The number of nitrogens with zero attached hydrogens (tertiary/aromatic N) is 5. The minimum absolute atomic E-state index is 0.0734. The van der Waals surface area contributed by atoms with E-state index < -0.39 is 28.8 Å². The first-order valence-electron chi connectivity index (χ1n) is 23.4. The first kappa shape index (κ1) is 44.8. The van der Waals surface area contributed by atoms with Gasteiger partial charge in [-0.15, -0.1) is 5.10 Å². The van der Waals surface area contributed by atoms with E-state index in [-0.39, 0.29) is 18.2 Å². The van der Waals surface area contributed by atoms with Crippen molar-refractivity contribution < 1.29 is 19.1 Å². The molecular weight excluding hydrogens is 835 g/mol. The molecule has 0 spiro atoms. The summed E-state index contributed by atoms with van der Waals surface area (Å²) in [6.45, 7) is 5.78. The van der Waals surface area contributed by atoms with Gasteiger partial charge < -0.3 is 20.3 Å². The van der Waals surface area contributed by atoms with Crippen LogP contribution in [0.15, 0.2) is 164 Å². The molecule has 3 amide bonds. The summed E-state index contributed by atoms with van der Waals surface area (Å²) in [5.41, 5.74) is 6.30. The number of amides is 3. The van der Waals surface area contributed by atoms with E-state index in [1.54, 1.807) is 4.90 Å². The third-order valence-corrected chi connectivity index (χ3v) is 13.1. The molecule has 1 saturated carbocycles. The van der Waals surface area contributed by atoms with Gasteiger partial charge in [-0.25, -0.2) is 9.48 Å². The highest BCUT2D eigenvalue weighted by atomic mass is 16.6. The molecule has 0 bridgehead atoms. The average Bonchev–Trinajstić information content (AvgIpc) is 3.79. The predicted molar refractivity (Wildman–Crippen MR) is 261 cm³/mol. The van der Waals surface area contributed by atoms with Gasteiger partial charge in [-0.05, 0) is 102 Å². The SMILES string of the molecule is CC(C)(C)OC(=O)NC1(CC(=O)NC2CCc3ccccc3N(Cc3ccc(-c4ccccc4-c4nnnn4C(c4ccccc4)(c4ccccc4)c4ccccc4)cc3)C2=O)CCCCC1. The predicted octanol–water partition coefficient (Wildman–Crippen LogP) is 10.4. The highest BCUT2D eigenvalue weighted by Gasteiger charge is 2.43. The van der Waals surface area contributed by atoms with E-state index in [1.165, 1.54) is 0 Å². The van der Waals surface area contributed by atoms with Gasteiger partial charge >= 0.3 is 6.09 Å². The number of aromatic nitrogens is 4. The lowest BCUT2D eigenvalue weighted by atomic mass is 9.77. The number of carbonyl (C=O) groups excluding carboxylic acids is 3. The number of ether oxygens (including phenoxy) is 1. The van der Waals surface area contributed by atoms with Gasteiger partial charge in [0.2, 0.25) is 11.8 Å². The first-order valence-corrected chi connectivity index (χ1v) is 23.4. The summed E-state index contributed by atoms with van der Waals surface area (Å²) in [5.74, 6) is 0.173. The van der Waals surface area contributed by atoms with Gasteiger partial charge in [0.1, 0.15) is 17.2 Å². The number of nitrogens with one attached hydrogen (secondary N) is 2. The Morgan fingerprint density at radius 2 is 1.27 bits per heavy atom. The number of para-hydroxylation sites is 1. The normalized spacial score (nSPS) is 16.1. The second kappa shape index (κ2) is 19.2. The van der Waals surface area contributed by atoms with Crippen LogP contribution >= 0.6 is 0 Å². The maximum Gasteiger partial charge on any atom is 0.408 e. The molecule has 67 heavy (non-hydrogen) atoms. The van der Waals surface area contributed by atoms with Gasteiger partial charge in [0.15, 0.2) is 5.82 Å². The molecule has 1 aromatic heterocycles. The zero-order valence-electron chi connectivity index (χ0n) is 38.4. The topological polar surface area (TPSA) is 131 Å². The van der Waals surface area contributed by atoms with Crippen molar-refractivity contribution in [3.05, 3.63) is 192 Å². The molecule has 340 valence electrons. The van der Waals surface area contributed by atoms with E-state index in [9.17, 15) is 14.4 Å². The smallest absolute Gasteiger partial charge is 0.408 e. The van der Waals surface area contributed by atoms with Crippen LogP contribution in [-0.4, -0.2) is 55.3 Å². The molecule has 9 rings (SSSR count). The van der Waals surface area contributed by atoms with Gasteiger partial charge in [0.25, 0.3) is 0 Å². The first-order chi connectivity index (χ1) is 32.5. The molecule has 6 aromatic carbocycles.